The second-order valence-corrected chi connectivity index (χ2v) is 4.06. The molecule has 0 unspecified atom stereocenters. The lowest BCUT2D eigenvalue weighted by atomic mass is 9.78. The number of hydrogen-bond acceptors (Lipinski definition) is 5. The third kappa shape index (κ3) is 3.40. The molecule has 0 aromatic heterocycles. The van der Waals surface area contributed by atoms with Gasteiger partial charge >= 0.3 is 7.12 Å². The maximum absolute atomic E-state index is 9.81. The summed E-state index contributed by atoms with van der Waals surface area (Å²) in [4.78, 5) is 0. The maximum atomic E-state index is 9.81. The van der Waals surface area contributed by atoms with Crippen LogP contribution in [0.2, 0.25) is 5.02 Å². The highest BCUT2D eigenvalue weighted by Gasteiger charge is 2.39. The number of fused-ring (bicyclic) bond motifs is 1. The van der Waals surface area contributed by atoms with Crippen molar-refractivity contribution < 1.29 is 19.5 Å². The van der Waals surface area contributed by atoms with E-state index in [1.807, 2.05) is 13.8 Å². The van der Waals surface area contributed by atoms with Crippen LogP contribution in [0.3, 0.4) is 0 Å². The molecule has 0 spiro atoms. The number of halogens is 1. The number of ether oxygens (including phenoxy) is 1. The third-order valence-electron chi connectivity index (χ3n) is 2.62. The highest BCUT2D eigenvalue weighted by Crippen LogP contribution is 2.32. The minimum Gasteiger partial charge on any atom is -0.492 e. The van der Waals surface area contributed by atoms with E-state index in [1.54, 1.807) is 12.1 Å². The van der Waals surface area contributed by atoms with Gasteiger partial charge in [0, 0.05) is 22.6 Å². The predicted octanol–water partition coefficient (Wildman–Crippen LogP) is 0.455. The zero-order valence-electron chi connectivity index (χ0n) is 11.1. The summed E-state index contributed by atoms with van der Waals surface area (Å²) >= 11 is 6.06. The Hall–Kier alpha value is -0.785. The average Bonchev–Trinajstić information content (AvgIpc) is 2.79. The summed E-state index contributed by atoms with van der Waals surface area (Å²) in [5, 5.41) is 19.0. The lowest BCUT2D eigenvalue weighted by Crippen LogP contribution is -2.30. The molecule has 1 heterocycles. The molecule has 5 nitrogen and oxygen atoms in total. The minimum atomic E-state index is -1.09. The van der Waals surface area contributed by atoms with Gasteiger partial charge < -0.3 is 25.3 Å². The van der Waals surface area contributed by atoms with E-state index in [2.05, 4.69) is 0 Å². The van der Waals surface area contributed by atoms with E-state index in [0.717, 1.165) is 0 Å². The number of hydrogen-bond donors (Lipinski definition) is 3. The molecule has 0 aliphatic carbocycles. The molecule has 1 aromatic carbocycles. The van der Waals surface area contributed by atoms with Crippen LogP contribution in [0.5, 0.6) is 5.75 Å². The van der Waals surface area contributed by atoms with Gasteiger partial charge in [-0.2, -0.15) is 0 Å². The van der Waals surface area contributed by atoms with Crippen LogP contribution in [0.4, 0.5) is 0 Å². The highest BCUT2D eigenvalue weighted by molar-refractivity contribution is 6.63. The van der Waals surface area contributed by atoms with E-state index >= 15 is 0 Å². The Labute approximate surface area is 118 Å². The van der Waals surface area contributed by atoms with Gasteiger partial charge in [0.05, 0.1) is 12.7 Å². The second kappa shape index (κ2) is 7.72. The molecule has 1 aliphatic rings. The van der Waals surface area contributed by atoms with Crippen molar-refractivity contribution in [2.75, 3.05) is 19.8 Å². The summed E-state index contributed by atoms with van der Waals surface area (Å²) in [6.45, 7) is 4.27. The number of nitrogens with two attached hydrogens (primary N) is 1. The van der Waals surface area contributed by atoms with Gasteiger partial charge in [0.25, 0.3) is 0 Å². The quantitative estimate of drug-likeness (QED) is 0.700. The second-order valence-electron chi connectivity index (χ2n) is 3.66. The summed E-state index contributed by atoms with van der Waals surface area (Å²) < 4.78 is 10.6. The molecule has 1 aliphatic heterocycles. The normalized spacial score (nSPS) is 16.7. The van der Waals surface area contributed by atoms with E-state index in [4.69, 9.17) is 31.8 Å². The molecule has 0 fully saturated rings. The first-order valence-electron chi connectivity index (χ1n) is 6.28. The topological polar surface area (TPSA) is 84.9 Å². The van der Waals surface area contributed by atoms with Crippen LogP contribution >= 0.6 is 11.6 Å². The van der Waals surface area contributed by atoms with Crippen molar-refractivity contribution in [1.29, 1.82) is 0 Å². The Morgan fingerprint density at radius 1 is 1.47 bits per heavy atom. The third-order valence-corrected chi connectivity index (χ3v) is 2.95. The largest absolute Gasteiger partial charge is 0.495 e. The van der Waals surface area contributed by atoms with Crippen LogP contribution in [-0.2, 0) is 4.65 Å². The Morgan fingerprint density at radius 3 is 2.74 bits per heavy atom. The monoisotopic (exact) mass is 287 g/mol. The Balaban J connectivity index is 0.000000861. The number of aliphatic hydroxyl groups is 1. The zero-order chi connectivity index (χ0) is 14.4. The van der Waals surface area contributed by atoms with Crippen LogP contribution < -0.4 is 15.9 Å². The van der Waals surface area contributed by atoms with Crippen molar-refractivity contribution in [2.45, 2.75) is 20.0 Å². The first-order valence-corrected chi connectivity index (χ1v) is 6.66. The van der Waals surface area contributed by atoms with Gasteiger partial charge in [-0.05, 0) is 12.1 Å². The van der Waals surface area contributed by atoms with Crippen molar-refractivity contribution in [2.24, 2.45) is 5.73 Å². The lowest BCUT2D eigenvalue weighted by molar-refractivity contribution is 0.197. The van der Waals surface area contributed by atoms with Crippen molar-refractivity contribution >= 4 is 24.2 Å². The summed E-state index contributed by atoms with van der Waals surface area (Å²) in [5.41, 5.74) is 6.72. The first kappa shape index (κ1) is 16.3. The molecule has 106 valence electrons. The fourth-order valence-electron chi connectivity index (χ4n) is 1.92. The molecule has 19 heavy (non-hydrogen) atoms. The van der Waals surface area contributed by atoms with E-state index in [9.17, 15) is 5.02 Å². The zero-order valence-corrected chi connectivity index (χ0v) is 11.9. The molecule has 0 bridgehead atoms. The van der Waals surface area contributed by atoms with Gasteiger partial charge in [0.2, 0.25) is 0 Å². The molecular weight excluding hydrogens is 268 g/mol. The van der Waals surface area contributed by atoms with Gasteiger partial charge in [-0.25, -0.2) is 0 Å². The molecule has 1 aromatic rings. The maximum Gasteiger partial charge on any atom is 0.495 e. The lowest BCUT2D eigenvalue weighted by Gasteiger charge is -2.12. The fourth-order valence-corrected chi connectivity index (χ4v) is 2.20. The summed E-state index contributed by atoms with van der Waals surface area (Å²) in [5.74, 6) is 0.460. The van der Waals surface area contributed by atoms with Gasteiger partial charge in [-0.15, -0.1) is 0 Å². The molecule has 0 saturated carbocycles. The van der Waals surface area contributed by atoms with Crippen LogP contribution in [-0.4, -0.2) is 37.0 Å². The average molecular weight is 288 g/mol. The summed E-state index contributed by atoms with van der Waals surface area (Å²) in [6.07, 6.45) is -0.426. The molecular formula is C12H19BClNO4. The van der Waals surface area contributed by atoms with E-state index in [-0.39, 0.29) is 19.8 Å². The smallest absolute Gasteiger partial charge is 0.492 e. The van der Waals surface area contributed by atoms with Crippen LogP contribution in [0.15, 0.2) is 12.1 Å². The molecule has 0 radical (unpaired) electrons. The summed E-state index contributed by atoms with van der Waals surface area (Å²) in [7, 11) is -1.09. The number of rotatable bonds is 4. The predicted molar refractivity (Wildman–Crippen MR) is 75.9 cm³/mol. The molecule has 7 heteroatoms. The highest BCUT2D eigenvalue weighted by atomic mass is 35.5. The number of benzene rings is 1. The van der Waals surface area contributed by atoms with Crippen molar-refractivity contribution in [3.63, 3.8) is 0 Å². The first-order chi connectivity index (χ1) is 9.19. The molecule has 0 saturated heterocycles. The Bertz CT molecular complexity index is 419. The van der Waals surface area contributed by atoms with Crippen molar-refractivity contribution in [3.05, 3.63) is 22.7 Å². The number of aliphatic hydroxyl groups excluding tert-OH is 1. The van der Waals surface area contributed by atoms with E-state index in [1.165, 1.54) is 0 Å². The van der Waals surface area contributed by atoms with Crippen molar-refractivity contribution in [1.82, 2.24) is 0 Å². The SMILES string of the molecule is CC.NC[C@H]1OB(O)c2c(OCCO)ccc(Cl)c21. The Kier molecular flexibility index (Phi) is 6.61. The van der Waals surface area contributed by atoms with Crippen molar-refractivity contribution in [3.8, 4) is 5.75 Å². The molecule has 1 atom stereocenters. The fraction of sp³-hybridized carbons (Fsp3) is 0.500. The standard InChI is InChI=1S/C10H13BClNO4.C2H6/c12-6-1-2-7(16-4-3-14)10-9(6)8(5-13)17-11(10)15;1-2/h1-2,8,14-15H,3-5,13H2;1-2H3/t8-;/m1./s1. The Morgan fingerprint density at radius 2 is 2.16 bits per heavy atom. The van der Waals surface area contributed by atoms with E-state index in [0.29, 0.717) is 21.8 Å². The summed E-state index contributed by atoms with van der Waals surface area (Å²) in [6, 6.07) is 3.31. The van der Waals surface area contributed by atoms with E-state index < -0.39 is 13.2 Å². The van der Waals surface area contributed by atoms with Crippen LogP contribution in [0.25, 0.3) is 0 Å². The minimum absolute atomic E-state index is 0.103. The van der Waals surface area contributed by atoms with Crippen LogP contribution in [0, 0.1) is 0 Å². The van der Waals surface area contributed by atoms with Crippen LogP contribution in [0.1, 0.15) is 25.5 Å². The molecule has 2 rings (SSSR count). The van der Waals surface area contributed by atoms with Gasteiger partial charge in [0.15, 0.2) is 0 Å². The van der Waals surface area contributed by atoms with Gasteiger partial charge in [-0.3, -0.25) is 0 Å². The van der Waals surface area contributed by atoms with Gasteiger partial charge in [0.1, 0.15) is 12.4 Å². The molecule has 0 amide bonds. The van der Waals surface area contributed by atoms with Gasteiger partial charge in [-0.1, -0.05) is 25.4 Å². The molecule has 4 N–H and O–H groups in total.